The maximum Gasteiger partial charge on any atom is 0.145 e. The number of nitrogens with zero attached hydrogens (tertiary/aromatic N) is 1. The first-order chi connectivity index (χ1) is 7.20. The smallest absolute Gasteiger partial charge is 0.145 e. The summed E-state index contributed by atoms with van der Waals surface area (Å²) < 4.78 is 5.23. The molecule has 0 aromatic heterocycles. The van der Waals surface area contributed by atoms with Crippen LogP contribution in [-0.4, -0.2) is 36.5 Å². The zero-order valence-electron chi connectivity index (χ0n) is 8.73. The molecule has 0 saturated carbocycles. The molecule has 0 unspecified atom stereocenters. The summed E-state index contributed by atoms with van der Waals surface area (Å²) in [5.74, 6) is 0.289. The minimum Gasteiger partial charge on any atom is -0.506 e. The predicted molar refractivity (Wildman–Crippen MR) is 57.5 cm³/mol. The molecular formula is C11H15NO3. The zero-order chi connectivity index (χ0) is 10.8. The first-order valence-corrected chi connectivity index (χ1v) is 5.04. The second kappa shape index (κ2) is 3.98. The molecule has 2 rings (SSSR count). The van der Waals surface area contributed by atoms with Crippen LogP contribution in [0.5, 0.6) is 11.5 Å². The maximum atomic E-state index is 9.89. The van der Waals surface area contributed by atoms with Crippen molar-refractivity contribution in [2.24, 2.45) is 0 Å². The number of hydrogen-bond donors (Lipinski definition) is 2. The molecule has 1 aliphatic rings. The molecule has 0 atom stereocenters. The van der Waals surface area contributed by atoms with Crippen LogP contribution in [-0.2, 0) is 4.74 Å². The molecule has 82 valence electrons. The maximum absolute atomic E-state index is 9.89. The van der Waals surface area contributed by atoms with Crippen molar-refractivity contribution in [2.75, 3.05) is 31.2 Å². The van der Waals surface area contributed by atoms with E-state index >= 15 is 0 Å². The quantitative estimate of drug-likeness (QED) is 0.730. The average Bonchev–Trinajstić information content (AvgIpc) is 2.26. The van der Waals surface area contributed by atoms with E-state index < -0.39 is 0 Å². The molecular weight excluding hydrogens is 194 g/mol. The van der Waals surface area contributed by atoms with Crippen LogP contribution in [0.3, 0.4) is 0 Å². The number of ether oxygens (including phenoxy) is 1. The van der Waals surface area contributed by atoms with Crippen molar-refractivity contribution in [1.82, 2.24) is 0 Å². The summed E-state index contributed by atoms with van der Waals surface area (Å²) in [6.07, 6.45) is 0. The van der Waals surface area contributed by atoms with Gasteiger partial charge in [0.2, 0.25) is 0 Å². The summed E-state index contributed by atoms with van der Waals surface area (Å²) in [4.78, 5) is 1.95. The Hall–Kier alpha value is -1.42. The van der Waals surface area contributed by atoms with Crippen LogP contribution in [0.1, 0.15) is 5.56 Å². The van der Waals surface area contributed by atoms with E-state index in [1.165, 1.54) is 0 Å². The zero-order valence-corrected chi connectivity index (χ0v) is 8.73. The van der Waals surface area contributed by atoms with Gasteiger partial charge in [-0.3, -0.25) is 0 Å². The molecule has 1 aromatic carbocycles. The molecule has 1 saturated heterocycles. The highest BCUT2D eigenvalue weighted by Gasteiger charge is 2.19. The van der Waals surface area contributed by atoms with Gasteiger partial charge in [-0.2, -0.15) is 0 Å². The number of benzene rings is 1. The average molecular weight is 209 g/mol. The molecule has 0 bridgehead atoms. The SMILES string of the molecule is Cc1ccc(O)c(N2CCOCC2)c1O. The van der Waals surface area contributed by atoms with E-state index in [-0.39, 0.29) is 11.5 Å². The summed E-state index contributed by atoms with van der Waals surface area (Å²) in [5.41, 5.74) is 1.30. The minimum atomic E-state index is 0.125. The highest BCUT2D eigenvalue weighted by molar-refractivity contribution is 5.69. The van der Waals surface area contributed by atoms with Gasteiger partial charge in [0.25, 0.3) is 0 Å². The lowest BCUT2D eigenvalue weighted by atomic mass is 10.1. The van der Waals surface area contributed by atoms with E-state index in [0.29, 0.717) is 32.0 Å². The Morgan fingerprint density at radius 3 is 2.53 bits per heavy atom. The van der Waals surface area contributed by atoms with Crippen molar-refractivity contribution in [3.8, 4) is 11.5 Å². The van der Waals surface area contributed by atoms with Gasteiger partial charge in [0.1, 0.15) is 17.2 Å². The number of phenolic OH excluding ortho intramolecular Hbond substituents is 2. The first-order valence-electron chi connectivity index (χ1n) is 5.04. The van der Waals surface area contributed by atoms with Gasteiger partial charge in [0.15, 0.2) is 0 Å². The van der Waals surface area contributed by atoms with Gasteiger partial charge < -0.3 is 19.8 Å². The number of hydrogen-bond acceptors (Lipinski definition) is 4. The third kappa shape index (κ3) is 1.85. The molecule has 4 nitrogen and oxygen atoms in total. The Morgan fingerprint density at radius 1 is 1.20 bits per heavy atom. The van der Waals surface area contributed by atoms with Crippen LogP contribution < -0.4 is 4.90 Å². The highest BCUT2D eigenvalue weighted by Crippen LogP contribution is 2.38. The normalized spacial score (nSPS) is 16.7. The van der Waals surface area contributed by atoms with Crippen LogP contribution in [0, 0.1) is 6.92 Å². The van der Waals surface area contributed by atoms with Crippen molar-refractivity contribution < 1.29 is 14.9 Å². The van der Waals surface area contributed by atoms with E-state index in [1.54, 1.807) is 12.1 Å². The molecule has 0 amide bonds. The minimum absolute atomic E-state index is 0.125. The molecule has 0 radical (unpaired) electrons. The van der Waals surface area contributed by atoms with Gasteiger partial charge >= 0.3 is 0 Å². The number of phenols is 2. The number of morpholine rings is 1. The van der Waals surface area contributed by atoms with Gasteiger partial charge in [-0.25, -0.2) is 0 Å². The van der Waals surface area contributed by atoms with E-state index in [9.17, 15) is 10.2 Å². The fourth-order valence-electron chi connectivity index (χ4n) is 1.77. The molecule has 1 fully saturated rings. The van der Waals surface area contributed by atoms with Gasteiger partial charge in [-0.1, -0.05) is 6.07 Å². The molecule has 0 aliphatic carbocycles. The Labute approximate surface area is 88.7 Å². The van der Waals surface area contributed by atoms with Gasteiger partial charge in [-0.05, 0) is 18.6 Å². The summed E-state index contributed by atoms with van der Waals surface area (Å²) >= 11 is 0. The summed E-state index contributed by atoms with van der Waals surface area (Å²) in [6.45, 7) is 4.48. The fraction of sp³-hybridized carbons (Fsp3) is 0.455. The van der Waals surface area contributed by atoms with Gasteiger partial charge in [0, 0.05) is 13.1 Å². The van der Waals surface area contributed by atoms with Gasteiger partial charge in [-0.15, -0.1) is 0 Å². The number of anilines is 1. The molecule has 15 heavy (non-hydrogen) atoms. The monoisotopic (exact) mass is 209 g/mol. The molecule has 4 heteroatoms. The molecule has 1 heterocycles. The van der Waals surface area contributed by atoms with E-state index in [0.717, 1.165) is 5.56 Å². The van der Waals surface area contributed by atoms with Crippen molar-refractivity contribution in [3.63, 3.8) is 0 Å². The Bertz CT molecular complexity index is 359. The topological polar surface area (TPSA) is 52.9 Å². The van der Waals surface area contributed by atoms with Crippen LogP contribution in [0.4, 0.5) is 5.69 Å². The second-order valence-electron chi connectivity index (χ2n) is 3.70. The van der Waals surface area contributed by atoms with Crippen molar-refractivity contribution in [2.45, 2.75) is 6.92 Å². The standard InChI is InChI=1S/C11H15NO3/c1-8-2-3-9(13)10(11(8)14)12-4-6-15-7-5-12/h2-3,13-14H,4-7H2,1H3. The van der Waals surface area contributed by atoms with Crippen LogP contribution in [0.2, 0.25) is 0 Å². The summed E-state index contributed by atoms with van der Waals surface area (Å²) in [5, 5.41) is 19.6. The van der Waals surface area contributed by atoms with Crippen molar-refractivity contribution >= 4 is 5.69 Å². The summed E-state index contributed by atoms with van der Waals surface area (Å²) in [6, 6.07) is 3.31. The Morgan fingerprint density at radius 2 is 1.87 bits per heavy atom. The molecule has 2 N–H and O–H groups in total. The third-order valence-electron chi connectivity index (χ3n) is 2.66. The molecule has 1 aliphatic heterocycles. The van der Waals surface area contributed by atoms with Crippen LogP contribution in [0.25, 0.3) is 0 Å². The van der Waals surface area contributed by atoms with E-state index in [1.807, 2.05) is 11.8 Å². The predicted octanol–water partition coefficient (Wildman–Crippen LogP) is 1.24. The molecule has 1 aromatic rings. The fourth-order valence-corrected chi connectivity index (χ4v) is 1.77. The highest BCUT2D eigenvalue weighted by atomic mass is 16.5. The number of rotatable bonds is 1. The van der Waals surface area contributed by atoms with E-state index in [4.69, 9.17) is 4.74 Å². The van der Waals surface area contributed by atoms with Crippen LogP contribution in [0.15, 0.2) is 12.1 Å². The lowest BCUT2D eigenvalue weighted by Crippen LogP contribution is -2.36. The Kier molecular flexibility index (Phi) is 2.68. The van der Waals surface area contributed by atoms with E-state index in [2.05, 4.69) is 0 Å². The Balaban J connectivity index is 2.36. The first kappa shape index (κ1) is 10.1. The molecule has 0 spiro atoms. The number of aromatic hydroxyl groups is 2. The largest absolute Gasteiger partial charge is 0.506 e. The van der Waals surface area contributed by atoms with Crippen molar-refractivity contribution in [3.05, 3.63) is 17.7 Å². The lowest BCUT2D eigenvalue weighted by molar-refractivity contribution is 0.122. The van der Waals surface area contributed by atoms with Crippen LogP contribution >= 0.6 is 0 Å². The second-order valence-corrected chi connectivity index (χ2v) is 3.70. The van der Waals surface area contributed by atoms with Gasteiger partial charge in [0.05, 0.1) is 13.2 Å². The van der Waals surface area contributed by atoms with Crippen molar-refractivity contribution in [1.29, 1.82) is 0 Å². The summed E-state index contributed by atoms with van der Waals surface area (Å²) in [7, 11) is 0. The number of aryl methyl sites for hydroxylation is 1. The lowest BCUT2D eigenvalue weighted by Gasteiger charge is -2.30. The third-order valence-corrected chi connectivity index (χ3v) is 2.66.